The standard InChI is InChI=1S/C17H21N3O2S2/c1-11-5-2-3-6-13(11)19-15(21)9-12-10-24-17(18-12)20-16(22)14-7-4-8-23-14/h4,7-8,10-11,13H,2-3,5-6,9H2,1H3,(H,19,21)(H,18,20,22)/t11-,13-/m1/s1. The van der Waals surface area contributed by atoms with Gasteiger partial charge in [0.1, 0.15) is 0 Å². The minimum Gasteiger partial charge on any atom is -0.353 e. The summed E-state index contributed by atoms with van der Waals surface area (Å²) in [7, 11) is 0. The Labute approximate surface area is 149 Å². The number of thiophene rings is 1. The number of carbonyl (C=O) groups excluding carboxylic acids is 2. The van der Waals surface area contributed by atoms with Crippen LogP contribution in [-0.2, 0) is 11.2 Å². The average Bonchev–Trinajstić information content (AvgIpc) is 3.21. The molecule has 1 aliphatic carbocycles. The predicted octanol–water partition coefficient (Wildman–Crippen LogP) is 3.69. The van der Waals surface area contributed by atoms with Crippen molar-refractivity contribution in [1.82, 2.24) is 10.3 Å². The van der Waals surface area contributed by atoms with Crippen LogP contribution in [0.25, 0.3) is 0 Å². The van der Waals surface area contributed by atoms with E-state index in [-0.39, 0.29) is 24.3 Å². The van der Waals surface area contributed by atoms with E-state index in [1.54, 1.807) is 6.07 Å². The van der Waals surface area contributed by atoms with Crippen molar-refractivity contribution in [2.24, 2.45) is 5.92 Å². The molecular formula is C17H21N3O2S2. The van der Waals surface area contributed by atoms with Crippen LogP contribution < -0.4 is 10.6 Å². The molecule has 3 rings (SSSR count). The SMILES string of the molecule is C[C@@H]1CCCC[C@H]1NC(=O)Cc1csc(NC(=O)c2cccs2)n1. The van der Waals surface area contributed by atoms with E-state index < -0.39 is 0 Å². The second-order valence-electron chi connectivity index (χ2n) is 6.19. The molecule has 2 aromatic rings. The third-order valence-electron chi connectivity index (χ3n) is 4.32. The van der Waals surface area contributed by atoms with Gasteiger partial charge >= 0.3 is 0 Å². The maximum Gasteiger partial charge on any atom is 0.267 e. The van der Waals surface area contributed by atoms with Crippen molar-refractivity contribution < 1.29 is 9.59 Å². The molecule has 7 heteroatoms. The lowest BCUT2D eigenvalue weighted by atomic mass is 9.86. The maximum atomic E-state index is 12.2. The number of thiazole rings is 1. The molecule has 1 fully saturated rings. The van der Waals surface area contributed by atoms with Gasteiger partial charge in [0.25, 0.3) is 5.91 Å². The van der Waals surface area contributed by atoms with E-state index in [2.05, 4.69) is 22.5 Å². The molecule has 0 aromatic carbocycles. The zero-order chi connectivity index (χ0) is 16.9. The van der Waals surface area contributed by atoms with E-state index in [4.69, 9.17) is 0 Å². The van der Waals surface area contributed by atoms with E-state index >= 15 is 0 Å². The lowest BCUT2D eigenvalue weighted by Crippen LogP contribution is -2.41. The average molecular weight is 364 g/mol. The summed E-state index contributed by atoms with van der Waals surface area (Å²) in [6.07, 6.45) is 4.94. The summed E-state index contributed by atoms with van der Waals surface area (Å²) in [6, 6.07) is 3.89. The molecule has 1 aliphatic rings. The molecule has 5 nitrogen and oxygen atoms in total. The van der Waals surface area contributed by atoms with Crippen molar-refractivity contribution in [2.75, 3.05) is 5.32 Å². The van der Waals surface area contributed by atoms with E-state index in [1.165, 1.54) is 41.9 Å². The van der Waals surface area contributed by atoms with Crippen molar-refractivity contribution in [3.05, 3.63) is 33.5 Å². The van der Waals surface area contributed by atoms with Gasteiger partial charge in [-0.25, -0.2) is 4.98 Å². The second-order valence-corrected chi connectivity index (χ2v) is 7.99. The van der Waals surface area contributed by atoms with Gasteiger partial charge in [-0.3, -0.25) is 14.9 Å². The van der Waals surface area contributed by atoms with Crippen molar-refractivity contribution in [1.29, 1.82) is 0 Å². The number of carbonyl (C=O) groups is 2. The molecule has 2 heterocycles. The highest BCUT2D eigenvalue weighted by Crippen LogP contribution is 2.24. The van der Waals surface area contributed by atoms with E-state index in [9.17, 15) is 9.59 Å². The monoisotopic (exact) mass is 363 g/mol. The zero-order valence-electron chi connectivity index (χ0n) is 13.6. The Morgan fingerprint density at radius 2 is 2.12 bits per heavy atom. The number of hydrogen-bond donors (Lipinski definition) is 2. The van der Waals surface area contributed by atoms with Crippen LogP contribution in [0, 0.1) is 5.92 Å². The Morgan fingerprint density at radius 1 is 1.29 bits per heavy atom. The molecule has 0 spiro atoms. The number of aromatic nitrogens is 1. The quantitative estimate of drug-likeness (QED) is 0.851. The molecule has 2 N–H and O–H groups in total. The van der Waals surface area contributed by atoms with Gasteiger partial charge in [-0.05, 0) is 30.2 Å². The summed E-state index contributed by atoms with van der Waals surface area (Å²) in [4.78, 5) is 29.2. The smallest absolute Gasteiger partial charge is 0.267 e. The molecule has 0 unspecified atom stereocenters. The lowest BCUT2D eigenvalue weighted by molar-refractivity contribution is -0.121. The summed E-state index contributed by atoms with van der Waals surface area (Å²) < 4.78 is 0. The number of amides is 2. The van der Waals surface area contributed by atoms with Crippen LogP contribution in [0.15, 0.2) is 22.9 Å². The van der Waals surface area contributed by atoms with Crippen molar-refractivity contribution >= 4 is 39.6 Å². The molecule has 128 valence electrons. The lowest BCUT2D eigenvalue weighted by Gasteiger charge is -2.29. The highest BCUT2D eigenvalue weighted by atomic mass is 32.1. The molecule has 0 saturated heterocycles. The molecule has 0 aliphatic heterocycles. The number of rotatable bonds is 5. The van der Waals surface area contributed by atoms with Crippen LogP contribution in [0.2, 0.25) is 0 Å². The fourth-order valence-corrected chi connectivity index (χ4v) is 4.29. The Bertz CT molecular complexity index is 697. The van der Waals surface area contributed by atoms with Crippen molar-refractivity contribution in [3.63, 3.8) is 0 Å². The van der Waals surface area contributed by atoms with Crippen LogP contribution in [0.3, 0.4) is 0 Å². The van der Waals surface area contributed by atoms with Crippen LogP contribution in [0.5, 0.6) is 0 Å². The summed E-state index contributed by atoms with van der Waals surface area (Å²) in [6.45, 7) is 2.20. The number of nitrogens with zero attached hydrogens (tertiary/aromatic N) is 1. The Hall–Kier alpha value is -1.73. The number of anilines is 1. The van der Waals surface area contributed by atoms with Crippen molar-refractivity contribution in [2.45, 2.75) is 45.1 Å². The highest BCUT2D eigenvalue weighted by Gasteiger charge is 2.23. The first-order chi connectivity index (χ1) is 11.6. The van der Waals surface area contributed by atoms with Crippen LogP contribution in [0.4, 0.5) is 5.13 Å². The zero-order valence-corrected chi connectivity index (χ0v) is 15.2. The van der Waals surface area contributed by atoms with Gasteiger partial charge in [-0.15, -0.1) is 22.7 Å². The van der Waals surface area contributed by atoms with Gasteiger partial charge in [0, 0.05) is 11.4 Å². The van der Waals surface area contributed by atoms with Gasteiger partial charge in [0.2, 0.25) is 5.91 Å². The first kappa shape index (κ1) is 17.1. The predicted molar refractivity (Wildman–Crippen MR) is 97.7 cm³/mol. The third-order valence-corrected chi connectivity index (χ3v) is 5.99. The van der Waals surface area contributed by atoms with E-state index in [0.717, 1.165) is 6.42 Å². The number of nitrogens with one attached hydrogen (secondary N) is 2. The molecule has 0 radical (unpaired) electrons. The first-order valence-electron chi connectivity index (χ1n) is 8.20. The highest BCUT2D eigenvalue weighted by molar-refractivity contribution is 7.14. The van der Waals surface area contributed by atoms with E-state index in [0.29, 0.717) is 21.6 Å². The van der Waals surface area contributed by atoms with Gasteiger partial charge < -0.3 is 5.32 Å². The summed E-state index contributed by atoms with van der Waals surface area (Å²) in [5.74, 6) is 0.389. The largest absolute Gasteiger partial charge is 0.353 e. The number of hydrogen-bond acceptors (Lipinski definition) is 5. The summed E-state index contributed by atoms with van der Waals surface area (Å²) >= 11 is 2.73. The second kappa shape index (κ2) is 7.90. The van der Waals surface area contributed by atoms with Gasteiger partial charge in [-0.2, -0.15) is 0 Å². The fraction of sp³-hybridized carbons (Fsp3) is 0.471. The molecular weight excluding hydrogens is 342 g/mol. The maximum absolute atomic E-state index is 12.2. The molecule has 24 heavy (non-hydrogen) atoms. The third kappa shape index (κ3) is 4.42. The fourth-order valence-electron chi connectivity index (χ4n) is 2.97. The molecule has 2 atom stereocenters. The van der Waals surface area contributed by atoms with Gasteiger partial charge in [0.05, 0.1) is 17.0 Å². The van der Waals surface area contributed by atoms with Crippen LogP contribution >= 0.6 is 22.7 Å². The summed E-state index contributed by atoms with van der Waals surface area (Å²) in [5, 5.41) is 10.1. The molecule has 1 saturated carbocycles. The van der Waals surface area contributed by atoms with Crippen LogP contribution in [-0.4, -0.2) is 22.8 Å². The van der Waals surface area contributed by atoms with Crippen LogP contribution in [0.1, 0.15) is 48.0 Å². The first-order valence-corrected chi connectivity index (χ1v) is 9.96. The minimum atomic E-state index is -0.161. The van der Waals surface area contributed by atoms with Gasteiger partial charge in [-0.1, -0.05) is 25.8 Å². The molecule has 0 bridgehead atoms. The Morgan fingerprint density at radius 3 is 2.88 bits per heavy atom. The van der Waals surface area contributed by atoms with Gasteiger partial charge in [0.15, 0.2) is 5.13 Å². The minimum absolute atomic E-state index is 0.00943. The topological polar surface area (TPSA) is 71.1 Å². The Balaban J connectivity index is 1.52. The Kier molecular flexibility index (Phi) is 5.63. The van der Waals surface area contributed by atoms with Crippen molar-refractivity contribution in [3.8, 4) is 0 Å². The molecule has 2 aromatic heterocycles. The normalized spacial score (nSPS) is 20.5. The summed E-state index contributed by atoms with van der Waals surface area (Å²) in [5.41, 5.74) is 0.697. The van der Waals surface area contributed by atoms with E-state index in [1.807, 2.05) is 16.8 Å². The molecule has 2 amide bonds.